The topological polar surface area (TPSA) is 61.8 Å². The second-order valence-corrected chi connectivity index (χ2v) is 5.23. The predicted molar refractivity (Wildman–Crippen MR) is 47.7 cm³/mol. The van der Waals surface area contributed by atoms with Crippen LogP contribution in [-0.4, -0.2) is 33.0 Å². The van der Waals surface area contributed by atoms with Crippen LogP contribution in [0.25, 0.3) is 0 Å². The third-order valence-electron chi connectivity index (χ3n) is 1.74. The summed E-state index contributed by atoms with van der Waals surface area (Å²) in [6, 6.07) is 0. The number of esters is 1. The molecule has 0 bridgehead atoms. The van der Waals surface area contributed by atoms with Gasteiger partial charge in [-0.2, -0.15) is 0 Å². The van der Waals surface area contributed by atoms with Gasteiger partial charge in [0.2, 0.25) is 0 Å². The van der Waals surface area contributed by atoms with Crippen molar-refractivity contribution in [3.63, 3.8) is 0 Å². The lowest BCUT2D eigenvalue weighted by atomic mass is 10.3. The summed E-state index contributed by atoms with van der Waals surface area (Å²) in [5, 5.41) is 0. The highest BCUT2D eigenvalue weighted by atomic mass is 31.2. The van der Waals surface area contributed by atoms with Crippen molar-refractivity contribution in [2.75, 3.05) is 21.3 Å². The van der Waals surface area contributed by atoms with Gasteiger partial charge in [-0.3, -0.25) is 9.36 Å². The average Bonchev–Trinajstić information content (AvgIpc) is 2.16. The van der Waals surface area contributed by atoms with Gasteiger partial charge >= 0.3 is 13.6 Å². The van der Waals surface area contributed by atoms with Crippen LogP contribution >= 0.6 is 7.60 Å². The van der Waals surface area contributed by atoms with Gasteiger partial charge in [0.15, 0.2) is 0 Å². The first kappa shape index (κ1) is 12.6. The van der Waals surface area contributed by atoms with E-state index in [1.807, 2.05) is 0 Å². The van der Waals surface area contributed by atoms with Gasteiger partial charge in [0.05, 0.1) is 19.2 Å². The molecule has 6 heteroatoms. The van der Waals surface area contributed by atoms with Crippen LogP contribution in [0, 0.1) is 0 Å². The molecular formula is C7H15O5P. The molecule has 0 aromatic heterocycles. The Bertz CT molecular complexity index is 207. The van der Waals surface area contributed by atoms with Crippen molar-refractivity contribution < 1.29 is 23.1 Å². The van der Waals surface area contributed by atoms with Gasteiger partial charge < -0.3 is 13.8 Å². The molecule has 5 nitrogen and oxygen atoms in total. The minimum Gasteiger partial charge on any atom is -0.469 e. The maximum atomic E-state index is 11.6. The molecule has 0 aromatic carbocycles. The summed E-state index contributed by atoms with van der Waals surface area (Å²) in [4.78, 5) is 10.8. The predicted octanol–water partition coefficient (Wildman–Crippen LogP) is 1.42. The molecule has 0 aliphatic carbocycles. The molecule has 0 heterocycles. The Morgan fingerprint density at radius 3 is 2.08 bits per heavy atom. The van der Waals surface area contributed by atoms with E-state index in [1.165, 1.54) is 21.3 Å². The van der Waals surface area contributed by atoms with Crippen molar-refractivity contribution in [2.24, 2.45) is 0 Å². The van der Waals surface area contributed by atoms with Crippen molar-refractivity contribution in [2.45, 2.75) is 19.0 Å². The van der Waals surface area contributed by atoms with Crippen LogP contribution < -0.4 is 0 Å². The first-order valence-corrected chi connectivity index (χ1v) is 5.39. The zero-order valence-corrected chi connectivity index (χ0v) is 9.17. The third-order valence-corrected chi connectivity index (χ3v) is 4.02. The Morgan fingerprint density at radius 2 is 1.77 bits per heavy atom. The summed E-state index contributed by atoms with van der Waals surface area (Å²) < 4.78 is 25.5. The van der Waals surface area contributed by atoms with Gasteiger partial charge in [0.25, 0.3) is 0 Å². The Hall–Kier alpha value is -0.380. The average molecular weight is 210 g/mol. The lowest BCUT2D eigenvalue weighted by molar-refractivity contribution is -0.140. The minimum absolute atomic E-state index is 0.0233. The highest BCUT2D eigenvalue weighted by molar-refractivity contribution is 7.54. The quantitative estimate of drug-likeness (QED) is 0.507. The molecule has 0 amide bonds. The number of carbonyl (C=O) groups is 1. The lowest BCUT2D eigenvalue weighted by Gasteiger charge is -2.19. The molecule has 78 valence electrons. The third kappa shape index (κ3) is 3.46. The lowest BCUT2D eigenvalue weighted by Crippen LogP contribution is -2.13. The maximum Gasteiger partial charge on any atom is 0.333 e. The van der Waals surface area contributed by atoms with Crippen LogP contribution in [0.1, 0.15) is 13.3 Å². The first-order chi connectivity index (χ1) is 6.00. The fourth-order valence-corrected chi connectivity index (χ4v) is 2.11. The Kier molecular flexibility index (Phi) is 5.21. The zero-order valence-electron chi connectivity index (χ0n) is 8.27. The van der Waals surface area contributed by atoms with Crippen molar-refractivity contribution >= 4 is 13.6 Å². The van der Waals surface area contributed by atoms with Crippen LogP contribution in [0.2, 0.25) is 0 Å². The van der Waals surface area contributed by atoms with Crippen LogP contribution in [0.4, 0.5) is 0 Å². The van der Waals surface area contributed by atoms with Crippen LogP contribution in [0.15, 0.2) is 0 Å². The van der Waals surface area contributed by atoms with Crippen molar-refractivity contribution in [1.82, 2.24) is 0 Å². The second kappa shape index (κ2) is 5.37. The molecule has 0 N–H and O–H groups in total. The van der Waals surface area contributed by atoms with E-state index < -0.39 is 19.2 Å². The van der Waals surface area contributed by atoms with E-state index in [4.69, 9.17) is 9.05 Å². The monoisotopic (exact) mass is 210 g/mol. The Labute approximate surface area is 77.9 Å². The van der Waals surface area contributed by atoms with Gasteiger partial charge in [0, 0.05) is 14.2 Å². The molecule has 0 rings (SSSR count). The van der Waals surface area contributed by atoms with E-state index in [2.05, 4.69) is 4.74 Å². The molecule has 0 fully saturated rings. The summed E-state index contributed by atoms with van der Waals surface area (Å²) in [7, 11) is 0.717. The van der Waals surface area contributed by atoms with Crippen molar-refractivity contribution in [3.8, 4) is 0 Å². The summed E-state index contributed by atoms with van der Waals surface area (Å²) >= 11 is 0. The standard InChI is InChI=1S/C7H15O5P/c1-6(5-7(8)10-2)13(9,11-3)12-4/h6H,5H2,1-4H3. The Morgan fingerprint density at radius 1 is 1.31 bits per heavy atom. The van der Waals surface area contributed by atoms with E-state index in [0.29, 0.717) is 0 Å². The molecule has 0 aromatic rings. The summed E-state index contributed by atoms with van der Waals surface area (Å²) in [5.41, 5.74) is -0.491. The number of rotatable bonds is 5. The molecule has 0 aliphatic heterocycles. The number of methoxy groups -OCH3 is 1. The smallest absolute Gasteiger partial charge is 0.333 e. The number of hydrogen-bond acceptors (Lipinski definition) is 5. The normalized spacial score (nSPS) is 13.8. The van der Waals surface area contributed by atoms with Gasteiger partial charge in [-0.25, -0.2) is 0 Å². The van der Waals surface area contributed by atoms with Crippen LogP contribution in [-0.2, 0) is 23.1 Å². The van der Waals surface area contributed by atoms with Gasteiger partial charge in [-0.05, 0) is 0 Å². The second-order valence-electron chi connectivity index (χ2n) is 2.53. The summed E-state index contributed by atoms with van der Waals surface area (Å²) in [5.74, 6) is -0.429. The van der Waals surface area contributed by atoms with Gasteiger partial charge in [-0.15, -0.1) is 0 Å². The fourth-order valence-electron chi connectivity index (χ4n) is 0.871. The van der Waals surface area contributed by atoms with E-state index in [0.717, 1.165) is 0 Å². The first-order valence-electron chi connectivity index (χ1n) is 3.78. The van der Waals surface area contributed by atoms with Gasteiger partial charge in [0.1, 0.15) is 0 Å². The largest absolute Gasteiger partial charge is 0.469 e. The fraction of sp³-hybridized carbons (Fsp3) is 0.857. The van der Waals surface area contributed by atoms with E-state index >= 15 is 0 Å². The molecule has 0 aliphatic rings. The molecule has 0 radical (unpaired) electrons. The van der Waals surface area contributed by atoms with Crippen LogP contribution in [0.5, 0.6) is 0 Å². The molecule has 0 saturated carbocycles. The summed E-state index contributed by atoms with van der Waals surface area (Å²) in [6.45, 7) is 1.62. The molecule has 1 unspecified atom stereocenters. The molecule has 1 atom stereocenters. The zero-order chi connectivity index (χ0) is 10.5. The van der Waals surface area contributed by atoms with E-state index in [-0.39, 0.29) is 6.42 Å². The van der Waals surface area contributed by atoms with Gasteiger partial charge in [-0.1, -0.05) is 6.92 Å². The number of hydrogen-bond donors (Lipinski definition) is 0. The highest BCUT2D eigenvalue weighted by Gasteiger charge is 2.31. The summed E-state index contributed by atoms with van der Waals surface area (Å²) in [6.07, 6.45) is 0.0233. The Balaban J connectivity index is 4.31. The van der Waals surface area contributed by atoms with Crippen molar-refractivity contribution in [3.05, 3.63) is 0 Å². The number of ether oxygens (including phenoxy) is 1. The molecule has 0 spiro atoms. The van der Waals surface area contributed by atoms with E-state index in [1.54, 1.807) is 6.92 Å². The highest BCUT2D eigenvalue weighted by Crippen LogP contribution is 2.52. The molecular weight excluding hydrogens is 195 g/mol. The SMILES string of the molecule is COC(=O)CC(C)P(=O)(OC)OC. The van der Waals surface area contributed by atoms with Crippen molar-refractivity contribution in [1.29, 1.82) is 0 Å². The number of carbonyl (C=O) groups excluding carboxylic acids is 1. The minimum atomic E-state index is -3.14. The molecule has 13 heavy (non-hydrogen) atoms. The maximum absolute atomic E-state index is 11.6. The van der Waals surface area contributed by atoms with Crippen LogP contribution in [0.3, 0.4) is 0 Å². The van der Waals surface area contributed by atoms with E-state index in [9.17, 15) is 9.36 Å². The molecule has 0 saturated heterocycles.